The number of aliphatic imine (C=N–C) groups is 2. The van der Waals surface area contributed by atoms with Gasteiger partial charge >= 0.3 is 0 Å². The van der Waals surface area contributed by atoms with E-state index in [4.69, 9.17) is 10.3 Å². The Kier molecular flexibility index (Phi) is 3.65. The second kappa shape index (κ2) is 6.19. The van der Waals surface area contributed by atoms with Crippen molar-refractivity contribution in [3.63, 3.8) is 0 Å². The number of furan rings is 1. The molecule has 2 aliphatic heterocycles. The fourth-order valence-corrected chi connectivity index (χ4v) is 3.17. The Bertz CT molecular complexity index is 1180. The molecular weight excluding hydrogens is 357 g/mol. The smallest absolute Gasteiger partial charge is 0.300 e. The van der Waals surface area contributed by atoms with Crippen LogP contribution >= 0.6 is 0 Å². The lowest BCUT2D eigenvalue weighted by Crippen LogP contribution is -2.50. The molecule has 1 unspecified atom stereocenters. The highest BCUT2D eigenvalue weighted by atomic mass is 19.1. The van der Waals surface area contributed by atoms with Crippen LogP contribution in [0.4, 0.5) is 4.39 Å². The van der Waals surface area contributed by atoms with Gasteiger partial charge in [0.1, 0.15) is 17.7 Å². The Morgan fingerprint density at radius 2 is 1.82 bits per heavy atom. The first-order chi connectivity index (χ1) is 13.6. The number of nitrogens with two attached hydrogens (primary N) is 1. The predicted molar refractivity (Wildman–Crippen MR) is 105 cm³/mol. The van der Waals surface area contributed by atoms with E-state index >= 15 is 0 Å². The van der Waals surface area contributed by atoms with E-state index in [1.54, 1.807) is 30.7 Å². The number of fused-ring (bicyclic) bond motifs is 1. The number of amidine groups is 2. The minimum Gasteiger partial charge on any atom is -0.461 e. The van der Waals surface area contributed by atoms with Crippen LogP contribution in [0.1, 0.15) is 11.3 Å². The van der Waals surface area contributed by atoms with E-state index in [-0.39, 0.29) is 5.82 Å². The first kappa shape index (κ1) is 16.5. The summed E-state index contributed by atoms with van der Waals surface area (Å²) in [7, 11) is 0. The van der Waals surface area contributed by atoms with Gasteiger partial charge in [-0.25, -0.2) is 9.38 Å². The van der Waals surface area contributed by atoms with Crippen LogP contribution in [0.2, 0.25) is 0 Å². The van der Waals surface area contributed by atoms with Gasteiger partial charge < -0.3 is 4.42 Å². The monoisotopic (exact) mass is 372 g/mol. The molecule has 0 bridgehead atoms. The van der Waals surface area contributed by atoms with Crippen molar-refractivity contribution in [2.45, 2.75) is 0 Å². The molecule has 136 valence electrons. The molecule has 7 heteroatoms. The molecule has 0 radical (unpaired) electrons. The van der Waals surface area contributed by atoms with Gasteiger partial charge in [-0.1, -0.05) is 42.5 Å². The highest BCUT2D eigenvalue weighted by Gasteiger charge is 2.40. The largest absolute Gasteiger partial charge is 0.461 e. The van der Waals surface area contributed by atoms with E-state index < -0.39 is 4.70 Å². The summed E-state index contributed by atoms with van der Waals surface area (Å²) < 4.78 is 19.7. The van der Waals surface area contributed by atoms with Gasteiger partial charge in [0.15, 0.2) is 12.0 Å². The van der Waals surface area contributed by atoms with Crippen LogP contribution in [0, 0.1) is 5.82 Å². The lowest BCUT2D eigenvalue weighted by atomic mass is 10.0. The molecule has 0 amide bonds. The van der Waals surface area contributed by atoms with Crippen molar-refractivity contribution in [1.29, 1.82) is 0 Å². The zero-order chi connectivity index (χ0) is 19.1. The van der Waals surface area contributed by atoms with Crippen LogP contribution in [0.15, 0.2) is 92.6 Å². The lowest BCUT2D eigenvalue weighted by molar-refractivity contribution is -0.802. The molecule has 28 heavy (non-hydrogen) atoms. The molecule has 0 aliphatic carbocycles. The molecule has 0 spiro atoms. The third-order valence-electron chi connectivity index (χ3n) is 4.58. The van der Waals surface area contributed by atoms with Gasteiger partial charge in [0.05, 0.1) is 6.26 Å². The van der Waals surface area contributed by atoms with Crippen molar-refractivity contribution < 1.29 is 13.5 Å². The van der Waals surface area contributed by atoms with Crippen LogP contribution in [-0.2, 0) is 0 Å². The second-order valence-corrected chi connectivity index (χ2v) is 6.44. The second-order valence-electron chi connectivity index (χ2n) is 6.44. The van der Waals surface area contributed by atoms with Crippen molar-refractivity contribution in [3.05, 3.63) is 90.3 Å². The van der Waals surface area contributed by atoms with Gasteiger partial charge in [-0.15, -0.1) is 5.84 Å². The first-order valence-corrected chi connectivity index (χ1v) is 8.65. The summed E-state index contributed by atoms with van der Waals surface area (Å²) in [6.45, 7) is 0. The molecule has 0 saturated heterocycles. The number of rotatable bonds is 3. The van der Waals surface area contributed by atoms with E-state index in [9.17, 15) is 4.39 Å². The van der Waals surface area contributed by atoms with Gasteiger partial charge in [0, 0.05) is 11.1 Å². The van der Waals surface area contributed by atoms with Crippen LogP contribution in [-0.4, -0.2) is 22.6 Å². The zero-order valence-electron chi connectivity index (χ0n) is 14.7. The van der Waals surface area contributed by atoms with Crippen LogP contribution in [0.3, 0.4) is 0 Å². The van der Waals surface area contributed by atoms with Crippen LogP contribution in [0.5, 0.6) is 0 Å². The van der Waals surface area contributed by atoms with Gasteiger partial charge in [-0.2, -0.15) is 4.99 Å². The topological polar surface area (TPSA) is 76.2 Å². The number of benzene rings is 2. The average Bonchev–Trinajstić information content (AvgIpc) is 3.35. The van der Waals surface area contributed by atoms with Gasteiger partial charge in [0.2, 0.25) is 0 Å². The van der Waals surface area contributed by atoms with E-state index in [2.05, 4.69) is 15.1 Å². The highest BCUT2D eigenvalue weighted by Crippen LogP contribution is 2.30. The third-order valence-corrected chi connectivity index (χ3v) is 4.58. The summed E-state index contributed by atoms with van der Waals surface area (Å²) in [6.07, 6.45) is 4.71. The van der Waals surface area contributed by atoms with Crippen molar-refractivity contribution in [3.8, 4) is 11.1 Å². The fraction of sp³-hybridized carbons (Fsp3) is 0. The molecule has 5 rings (SSSR count). The SMILES string of the molecule is N[N+]12C=C(c3ccc(-c4ccccc4)c(F)c3)N=CC1=NC(c1ccco1)=N2. The van der Waals surface area contributed by atoms with Gasteiger partial charge in [0.25, 0.3) is 11.7 Å². The molecule has 1 atom stereocenters. The average molecular weight is 372 g/mol. The summed E-state index contributed by atoms with van der Waals surface area (Å²) in [4.78, 5) is 8.76. The molecule has 0 saturated carbocycles. The van der Waals surface area contributed by atoms with Crippen molar-refractivity contribution >= 4 is 23.6 Å². The van der Waals surface area contributed by atoms with Gasteiger partial charge in [-0.3, -0.25) is 0 Å². The van der Waals surface area contributed by atoms with Crippen LogP contribution in [0.25, 0.3) is 16.8 Å². The molecule has 3 heterocycles. The number of hydrogen-bond acceptors (Lipinski definition) is 5. The van der Waals surface area contributed by atoms with Crippen molar-refractivity contribution in [1.82, 2.24) is 0 Å². The molecule has 2 aromatic carbocycles. The Balaban J connectivity index is 1.51. The highest BCUT2D eigenvalue weighted by molar-refractivity contribution is 6.32. The Morgan fingerprint density at radius 3 is 2.57 bits per heavy atom. The summed E-state index contributed by atoms with van der Waals surface area (Å²) in [5, 5.41) is 4.42. The zero-order valence-corrected chi connectivity index (χ0v) is 14.7. The molecule has 2 N–H and O–H groups in total. The quantitative estimate of drug-likeness (QED) is 0.559. The summed E-state index contributed by atoms with van der Waals surface area (Å²) in [6, 6.07) is 17.9. The van der Waals surface area contributed by atoms with Crippen LogP contribution < -0.4 is 5.84 Å². The standard InChI is InChI=1S/C21H15FN5O/c22-17-11-15(8-9-16(17)14-5-2-1-3-6-14)18-13-27(23)20(12-24-18)25-21(26-27)19-7-4-10-28-19/h1-13H,23H2/q+1. The summed E-state index contributed by atoms with van der Waals surface area (Å²) >= 11 is 0. The Hall–Kier alpha value is -3.68. The molecule has 3 aromatic rings. The van der Waals surface area contributed by atoms with E-state index in [0.717, 1.165) is 5.56 Å². The maximum atomic E-state index is 14.7. The van der Waals surface area contributed by atoms with Crippen molar-refractivity contribution in [2.24, 2.45) is 20.9 Å². The summed E-state index contributed by atoms with van der Waals surface area (Å²) in [5.41, 5.74) is 2.47. The van der Waals surface area contributed by atoms with E-state index in [0.29, 0.717) is 34.3 Å². The number of halogens is 1. The molecule has 1 aromatic heterocycles. The minimum absolute atomic E-state index is 0.330. The van der Waals surface area contributed by atoms with E-state index in [1.807, 2.05) is 36.4 Å². The normalized spacial score (nSPS) is 20.4. The number of hydrogen-bond donors (Lipinski definition) is 1. The minimum atomic E-state index is -0.392. The Labute approximate surface area is 160 Å². The lowest BCUT2D eigenvalue weighted by Gasteiger charge is -2.20. The maximum absolute atomic E-state index is 14.7. The molecule has 0 fully saturated rings. The Morgan fingerprint density at radius 1 is 0.964 bits per heavy atom. The summed E-state index contributed by atoms with van der Waals surface area (Å²) in [5.74, 6) is 7.40. The fourth-order valence-electron chi connectivity index (χ4n) is 3.17. The molecule has 2 aliphatic rings. The van der Waals surface area contributed by atoms with Crippen molar-refractivity contribution in [2.75, 3.05) is 0 Å². The number of quaternary nitrogens is 1. The van der Waals surface area contributed by atoms with E-state index in [1.165, 1.54) is 12.3 Å². The first-order valence-electron chi connectivity index (χ1n) is 8.65. The third kappa shape index (κ3) is 2.70. The van der Waals surface area contributed by atoms with Gasteiger partial charge in [-0.05, 0) is 33.6 Å². The maximum Gasteiger partial charge on any atom is 0.300 e. The molecular formula is C21H15FN5O+. The molecule has 6 nitrogen and oxygen atoms in total. The number of nitrogens with zero attached hydrogens (tertiary/aromatic N) is 4. The predicted octanol–water partition coefficient (Wildman–Crippen LogP) is 3.93.